The minimum absolute atomic E-state index is 0.0131. The Bertz CT molecular complexity index is 819. The number of hydrogen-bond acceptors (Lipinski definition) is 7. The number of anilines is 1. The number of nitrogens with zero attached hydrogens (tertiary/aromatic N) is 4. The summed E-state index contributed by atoms with van der Waals surface area (Å²) in [4.78, 5) is 37.3. The van der Waals surface area contributed by atoms with Crippen molar-refractivity contribution in [3.63, 3.8) is 0 Å². The lowest BCUT2D eigenvalue weighted by atomic mass is 10.2. The molecule has 0 atom stereocenters. The van der Waals surface area contributed by atoms with Crippen LogP contribution in [0.2, 0.25) is 5.02 Å². The van der Waals surface area contributed by atoms with Gasteiger partial charge in [0.15, 0.2) is 11.5 Å². The summed E-state index contributed by atoms with van der Waals surface area (Å²) in [5.74, 6) is -0.283. The van der Waals surface area contributed by atoms with Crippen LogP contribution >= 0.6 is 11.6 Å². The Hall–Kier alpha value is -2.74. The van der Waals surface area contributed by atoms with Crippen molar-refractivity contribution in [2.45, 2.75) is 26.4 Å². The summed E-state index contributed by atoms with van der Waals surface area (Å²) in [6, 6.07) is 1.52. The van der Waals surface area contributed by atoms with Gasteiger partial charge in [-0.15, -0.1) is 0 Å². The van der Waals surface area contributed by atoms with Crippen molar-refractivity contribution >= 4 is 29.4 Å². The van der Waals surface area contributed by atoms with E-state index < -0.39 is 17.7 Å². The molecule has 0 unspecified atom stereocenters. The number of methoxy groups -OCH3 is 1. The first-order valence-electron chi connectivity index (χ1n) is 7.65. The van der Waals surface area contributed by atoms with E-state index in [0.29, 0.717) is 17.1 Å². The number of rotatable bonds is 3. The van der Waals surface area contributed by atoms with E-state index in [1.165, 1.54) is 36.7 Å². The van der Waals surface area contributed by atoms with Gasteiger partial charge in [0.1, 0.15) is 5.60 Å². The number of ether oxygens (including phenoxy) is 2. The molecular weight excluding hydrogens is 360 g/mol. The second kappa shape index (κ2) is 7.65. The van der Waals surface area contributed by atoms with E-state index in [4.69, 9.17) is 16.3 Å². The quantitative estimate of drug-likeness (QED) is 0.755. The molecule has 1 amide bonds. The number of carbonyl (C=O) groups is 2. The van der Waals surface area contributed by atoms with Crippen molar-refractivity contribution in [3.8, 4) is 11.4 Å². The van der Waals surface area contributed by atoms with Crippen LogP contribution in [0.3, 0.4) is 0 Å². The summed E-state index contributed by atoms with van der Waals surface area (Å²) in [5, 5.41) is 0.132. The molecular formula is C17H19ClN4O4. The molecule has 9 heteroatoms. The van der Waals surface area contributed by atoms with Crippen LogP contribution in [-0.4, -0.2) is 46.8 Å². The summed E-state index contributed by atoms with van der Waals surface area (Å²) in [7, 11) is 2.81. The van der Waals surface area contributed by atoms with Crippen molar-refractivity contribution in [1.82, 2.24) is 15.0 Å². The number of pyridine rings is 1. The van der Waals surface area contributed by atoms with Gasteiger partial charge in [-0.1, -0.05) is 11.6 Å². The van der Waals surface area contributed by atoms with Gasteiger partial charge in [-0.05, 0) is 26.8 Å². The number of aromatic nitrogens is 3. The lowest BCUT2D eigenvalue weighted by Gasteiger charge is -2.24. The molecule has 8 nitrogen and oxygen atoms in total. The highest BCUT2D eigenvalue weighted by atomic mass is 35.5. The molecule has 2 aromatic heterocycles. The maximum Gasteiger partial charge on any atom is 0.414 e. The number of halogens is 1. The molecule has 0 aromatic carbocycles. The molecule has 0 fully saturated rings. The van der Waals surface area contributed by atoms with Crippen LogP contribution in [-0.2, 0) is 9.47 Å². The summed E-state index contributed by atoms with van der Waals surface area (Å²) in [6.45, 7) is 5.35. The molecule has 0 radical (unpaired) electrons. The Balaban J connectivity index is 2.20. The zero-order chi connectivity index (χ0) is 19.5. The Morgan fingerprint density at radius 2 is 1.73 bits per heavy atom. The van der Waals surface area contributed by atoms with Crippen LogP contribution in [0.25, 0.3) is 11.4 Å². The molecule has 0 aliphatic carbocycles. The Labute approximate surface area is 156 Å². The van der Waals surface area contributed by atoms with E-state index in [0.717, 1.165) is 0 Å². The highest BCUT2D eigenvalue weighted by Gasteiger charge is 2.21. The van der Waals surface area contributed by atoms with Gasteiger partial charge in [0.25, 0.3) is 0 Å². The third-order valence-electron chi connectivity index (χ3n) is 3.17. The van der Waals surface area contributed by atoms with E-state index in [-0.39, 0.29) is 10.7 Å². The Kier molecular flexibility index (Phi) is 5.76. The minimum Gasteiger partial charge on any atom is -0.464 e. The fourth-order valence-electron chi connectivity index (χ4n) is 1.89. The molecule has 0 N–H and O–H groups in total. The summed E-state index contributed by atoms with van der Waals surface area (Å²) in [6.07, 6.45) is 3.87. The monoisotopic (exact) mass is 378 g/mol. The fraction of sp³-hybridized carbons (Fsp3) is 0.353. The Morgan fingerprint density at radius 3 is 2.23 bits per heavy atom. The molecule has 138 valence electrons. The summed E-state index contributed by atoms with van der Waals surface area (Å²) < 4.78 is 9.89. The number of carbonyl (C=O) groups excluding carboxylic acids is 2. The SMILES string of the molecule is COC(=O)c1ncc(-c2ncc(N(C)C(=O)OC(C)(C)C)cn2)cc1Cl. The van der Waals surface area contributed by atoms with E-state index >= 15 is 0 Å². The average Bonchev–Trinajstić information content (AvgIpc) is 2.59. The maximum atomic E-state index is 12.1. The zero-order valence-electron chi connectivity index (χ0n) is 15.1. The zero-order valence-corrected chi connectivity index (χ0v) is 15.9. The third-order valence-corrected chi connectivity index (χ3v) is 3.46. The molecule has 0 bridgehead atoms. The van der Waals surface area contributed by atoms with Crippen LogP contribution in [0.15, 0.2) is 24.7 Å². The van der Waals surface area contributed by atoms with Gasteiger partial charge in [0.2, 0.25) is 0 Å². The predicted molar refractivity (Wildman–Crippen MR) is 96.2 cm³/mol. The van der Waals surface area contributed by atoms with E-state index in [9.17, 15) is 9.59 Å². The van der Waals surface area contributed by atoms with Crippen molar-refractivity contribution in [2.75, 3.05) is 19.1 Å². The van der Waals surface area contributed by atoms with Crippen LogP contribution in [0, 0.1) is 0 Å². The van der Waals surface area contributed by atoms with Crippen molar-refractivity contribution in [3.05, 3.63) is 35.4 Å². The standard InChI is InChI=1S/C17H19ClN4O4/c1-17(2,3)26-16(24)22(4)11-8-20-14(21-9-11)10-6-12(18)13(19-7-10)15(23)25-5/h6-9H,1-5H3. The van der Waals surface area contributed by atoms with E-state index in [1.54, 1.807) is 27.8 Å². The maximum absolute atomic E-state index is 12.1. The summed E-state index contributed by atoms with van der Waals surface area (Å²) in [5.41, 5.74) is 0.400. The van der Waals surface area contributed by atoms with Gasteiger partial charge in [0, 0.05) is 18.8 Å². The van der Waals surface area contributed by atoms with E-state index in [2.05, 4.69) is 19.7 Å². The van der Waals surface area contributed by atoms with Crippen LogP contribution in [0.5, 0.6) is 0 Å². The first-order chi connectivity index (χ1) is 12.1. The molecule has 2 aromatic rings. The molecule has 0 aliphatic heterocycles. The molecule has 0 saturated carbocycles. The lowest BCUT2D eigenvalue weighted by Crippen LogP contribution is -2.34. The molecule has 0 aliphatic rings. The van der Waals surface area contributed by atoms with Gasteiger partial charge >= 0.3 is 12.1 Å². The normalized spacial score (nSPS) is 11.0. The molecule has 2 rings (SSSR count). The van der Waals surface area contributed by atoms with E-state index in [1.807, 2.05) is 0 Å². The highest BCUT2D eigenvalue weighted by molar-refractivity contribution is 6.33. The van der Waals surface area contributed by atoms with Gasteiger partial charge in [-0.2, -0.15) is 0 Å². The third kappa shape index (κ3) is 4.66. The number of hydrogen-bond donors (Lipinski definition) is 0. The smallest absolute Gasteiger partial charge is 0.414 e. The number of amides is 1. The molecule has 0 spiro atoms. The van der Waals surface area contributed by atoms with Crippen molar-refractivity contribution < 1.29 is 19.1 Å². The van der Waals surface area contributed by atoms with Crippen LogP contribution in [0.1, 0.15) is 31.3 Å². The largest absolute Gasteiger partial charge is 0.464 e. The van der Waals surface area contributed by atoms with Gasteiger partial charge in [-0.25, -0.2) is 24.5 Å². The summed E-state index contributed by atoms with van der Waals surface area (Å²) >= 11 is 6.05. The first-order valence-corrected chi connectivity index (χ1v) is 8.03. The highest BCUT2D eigenvalue weighted by Crippen LogP contribution is 2.23. The lowest BCUT2D eigenvalue weighted by molar-refractivity contribution is 0.0581. The first kappa shape index (κ1) is 19.6. The Morgan fingerprint density at radius 1 is 1.12 bits per heavy atom. The predicted octanol–water partition coefficient (Wildman–Crippen LogP) is 3.35. The fourth-order valence-corrected chi connectivity index (χ4v) is 2.13. The molecule has 0 saturated heterocycles. The van der Waals surface area contributed by atoms with Crippen LogP contribution < -0.4 is 4.90 Å². The molecule has 26 heavy (non-hydrogen) atoms. The van der Waals surface area contributed by atoms with Crippen molar-refractivity contribution in [1.29, 1.82) is 0 Å². The topological polar surface area (TPSA) is 94.5 Å². The van der Waals surface area contributed by atoms with Gasteiger partial charge in [0.05, 0.1) is 30.2 Å². The minimum atomic E-state index is -0.628. The van der Waals surface area contributed by atoms with Crippen molar-refractivity contribution in [2.24, 2.45) is 0 Å². The second-order valence-corrected chi connectivity index (χ2v) is 6.76. The number of esters is 1. The van der Waals surface area contributed by atoms with Gasteiger partial charge in [-0.3, -0.25) is 4.90 Å². The van der Waals surface area contributed by atoms with Gasteiger partial charge < -0.3 is 9.47 Å². The van der Waals surface area contributed by atoms with Crippen LogP contribution in [0.4, 0.5) is 10.5 Å². The molecule has 2 heterocycles. The second-order valence-electron chi connectivity index (χ2n) is 6.35. The average molecular weight is 379 g/mol.